The van der Waals surface area contributed by atoms with Crippen molar-refractivity contribution >= 4 is 12.0 Å². The van der Waals surface area contributed by atoms with Crippen LogP contribution < -0.4 is 5.32 Å². The van der Waals surface area contributed by atoms with Crippen molar-refractivity contribution in [3.05, 3.63) is 0 Å². The number of aliphatic hydroxyl groups is 1. The fraction of sp³-hybridized carbons (Fsp3) is 0.913. The van der Waals surface area contributed by atoms with Crippen LogP contribution in [0.5, 0.6) is 0 Å². The lowest BCUT2D eigenvalue weighted by atomic mass is 9.73. The molecule has 1 unspecified atom stereocenters. The number of ether oxygens (including phenoxy) is 1. The summed E-state index contributed by atoms with van der Waals surface area (Å²) in [5, 5.41) is 12.9. The number of carbonyl (C=O) groups is 2. The van der Waals surface area contributed by atoms with Gasteiger partial charge in [-0.15, -0.1) is 0 Å². The molecule has 3 fully saturated rings. The van der Waals surface area contributed by atoms with E-state index in [1.54, 1.807) is 20.8 Å². The summed E-state index contributed by atoms with van der Waals surface area (Å²) in [5.41, 5.74) is -0.503. The van der Waals surface area contributed by atoms with Gasteiger partial charge < -0.3 is 20.1 Å². The minimum atomic E-state index is -0.708. The van der Waals surface area contributed by atoms with Crippen LogP contribution in [-0.4, -0.2) is 52.8 Å². The predicted octanol–water partition coefficient (Wildman–Crippen LogP) is 3.72. The number of nitrogens with one attached hydrogen (secondary N) is 1. The van der Waals surface area contributed by atoms with E-state index in [-0.39, 0.29) is 29.4 Å². The molecule has 1 saturated heterocycles. The molecule has 2 aliphatic carbocycles. The highest BCUT2D eigenvalue weighted by atomic mass is 16.6. The zero-order valence-electron chi connectivity index (χ0n) is 19.5. The molecule has 1 heterocycles. The summed E-state index contributed by atoms with van der Waals surface area (Å²) >= 11 is 0. The third-order valence-electron chi connectivity index (χ3n) is 8.19. The first-order chi connectivity index (χ1) is 13.1. The number of likely N-dealkylation sites (tertiary alicyclic amines) is 1. The van der Waals surface area contributed by atoms with Crippen molar-refractivity contribution in [3.8, 4) is 0 Å². The summed E-state index contributed by atoms with van der Waals surface area (Å²) in [6.45, 7) is 16.5. The molecule has 6 heteroatoms. The van der Waals surface area contributed by atoms with Crippen molar-refractivity contribution in [1.29, 1.82) is 0 Å². The lowest BCUT2D eigenvalue weighted by molar-refractivity contribution is -0.138. The van der Waals surface area contributed by atoms with Crippen molar-refractivity contribution in [2.75, 3.05) is 13.2 Å². The van der Waals surface area contributed by atoms with Crippen LogP contribution >= 0.6 is 0 Å². The van der Waals surface area contributed by atoms with Crippen molar-refractivity contribution in [2.45, 2.75) is 98.8 Å². The van der Waals surface area contributed by atoms with E-state index in [1.807, 2.05) is 25.7 Å². The van der Waals surface area contributed by atoms with Crippen molar-refractivity contribution in [2.24, 2.45) is 21.7 Å². The third kappa shape index (κ3) is 3.26. The second-order valence-electron chi connectivity index (χ2n) is 12.1. The van der Waals surface area contributed by atoms with Gasteiger partial charge in [-0.1, -0.05) is 41.0 Å². The lowest BCUT2D eigenvalue weighted by Gasteiger charge is -2.36. The van der Waals surface area contributed by atoms with Crippen molar-refractivity contribution in [1.82, 2.24) is 10.2 Å². The zero-order valence-corrected chi connectivity index (χ0v) is 19.5. The van der Waals surface area contributed by atoms with Gasteiger partial charge in [-0.3, -0.25) is 4.79 Å². The van der Waals surface area contributed by atoms with Crippen molar-refractivity contribution < 1.29 is 19.4 Å². The van der Waals surface area contributed by atoms with Gasteiger partial charge in [0.15, 0.2) is 0 Å². The predicted molar refractivity (Wildman–Crippen MR) is 112 cm³/mol. The first-order valence-electron chi connectivity index (χ1n) is 11.0. The van der Waals surface area contributed by atoms with E-state index >= 15 is 0 Å². The van der Waals surface area contributed by atoms with E-state index in [4.69, 9.17) is 4.74 Å². The molecule has 3 aliphatic rings. The number of rotatable bonds is 3. The molecule has 0 radical (unpaired) electrons. The maximum absolute atomic E-state index is 13.7. The van der Waals surface area contributed by atoms with Gasteiger partial charge in [0.2, 0.25) is 5.91 Å². The Hall–Kier alpha value is -1.30. The molecule has 0 aromatic heterocycles. The molecule has 3 atom stereocenters. The molecule has 2 spiro atoms. The maximum atomic E-state index is 13.7. The standard InChI is InChI=1S/C23H40N2O4/c1-19(2,3)16(24-18(28)29-20(4,5)6)17(27)25-14-23(12-15(25)13-26)21(7,8)22(23)10-9-11-22/h15-16,26H,9-14H2,1-8H3,(H,24,28)/t15-,16+,23?/m0/s1. The fourth-order valence-corrected chi connectivity index (χ4v) is 6.35. The van der Waals surface area contributed by atoms with E-state index in [2.05, 4.69) is 19.2 Å². The van der Waals surface area contributed by atoms with Crippen LogP contribution in [-0.2, 0) is 9.53 Å². The van der Waals surface area contributed by atoms with Gasteiger partial charge in [0.05, 0.1) is 12.6 Å². The van der Waals surface area contributed by atoms with E-state index < -0.39 is 23.2 Å². The highest BCUT2D eigenvalue weighted by molar-refractivity contribution is 5.87. The summed E-state index contributed by atoms with van der Waals surface area (Å²) in [4.78, 5) is 27.9. The molecule has 2 saturated carbocycles. The van der Waals surface area contributed by atoms with Crippen molar-refractivity contribution in [3.63, 3.8) is 0 Å². The van der Waals surface area contributed by atoms with Crippen LogP contribution in [0.3, 0.4) is 0 Å². The Balaban J connectivity index is 1.81. The number of alkyl carbamates (subject to hydrolysis) is 1. The van der Waals surface area contributed by atoms with Gasteiger partial charge in [-0.05, 0) is 56.3 Å². The summed E-state index contributed by atoms with van der Waals surface area (Å²) < 4.78 is 5.41. The number of amides is 2. The SMILES string of the molecule is CC(C)(C)OC(=O)N[C@H](C(=O)N1CC2(C[C@H]1CO)C(C)(C)C21CCC1)C(C)(C)C. The quantitative estimate of drug-likeness (QED) is 0.746. The largest absolute Gasteiger partial charge is 0.444 e. The molecule has 3 rings (SSSR count). The second-order valence-corrected chi connectivity index (χ2v) is 12.1. The average molecular weight is 409 g/mol. The summed E-state index contributed by atoms with van der Waals surface area (Å²) in [5.74, 6) is -0.114. The van der Waals surface area contributed by atoms with Gasteiger partial charge in [0.25, 0.3) is 0 Å². The molecule has 166 valence electrons. The molecule has 6 nitrogen and oxygen atoms in total. The molecule has 1 aliphatic heterocycles. The first-order valence-corrected chi connectivity index (χ1v) is 11.0. The summed E-state index contributed by atoms with van der Waals surface area (Å²) in [7, 11) is 0. The summed E-state index contributed by atoms with van der Waals surface area (Å²) in [6.07, 6.45) is 3.97. The Labute approximate surface area is 175 Å². The van der Waals surface area contributed by atoms with Crippen LogP contribution in [0.1, 0.15) is 81.1 Å². The van der Waals surface area contributed by atoms with Gasteiger partial charge >= 0.3 is 6.09 Å². The van der Waals surface area contributed by atoms with Crippen LogP contribution in [0.15, 0.2) is 0 Å². The van der Waals surface area contributed by atoms with Gasteiger partial charge in [0.1, 0.15) is 11.6 Å². The number of carbonyl (C=O) groups excluding carboxylic acids is 2. The van der Waals surface area contributed by atoms with Gasteiger partial charge in [-0.2, -0.15) is 0 Å². The van der Waals surface area contributed by atoms with Crippen LogP contribution in [0, 0.1) is 21.7 Å². The average Bonchev–Trinajstić information content (AvgIpc) is 2.77. The van der Waals surface area contributed by atoms with E-state index in [9.17, 15) is 14.7 Å². The smallest absolute Gasteiger partial charge is 0.408 e. The Bertz CT molecular complexity index is 684. The van der Waals surface area contributed by atoms with Crippen LogP contribution in [0.2, 0.25) is 0 Å². The minimum absolute atomic E-state index is 0.0387. The van der Waals surface area contributed by atoms with Gasteiger partial charge in [0, 0.05) is 12.0 Å². The van der Waals surface area contributed by atoms with Crippen LogP contribution in [0.4, 0.5) is 4.79 Å². The molecule has 2 N–H and O–H groups in total. The molecular formula is C23H40N2O4. The second kappa shape index (κ2) is 6.60. The molecule has 0 bridgehead atoms. The highest BCUT2D eigenvalue weighted by Crippen LogP contribution is 2.88. The van der Waals surface area contributed by atoms with Gasteiger partial charge in [-0.25, -0.2) is 4.79 Å². The fourth-order valence-electron chi connectivity index (χ4n) is 6.35. The normalized spacial score (nSPS) is 30.8. The number of aliphatic hydroxyl groups excluding tert-OH is 1. The molecule has 0 aromatic carbocycles. The molecule has 0 aromatic rings. The molecule has 2 amide bonds. The monoisotopic (exact) mass is 408 g/mol. The number of fused-ring (bicyclic) bond motifs is 1. The minimum Gasteiger partial charge on any atom is -0.444 e. The Morgan fingerprint density at radius 2 is 1.72 bits per heavy atom. The number of hydrogen-bond donors (Lipinski definition) is 2. The van der Waals surface area contributed by atoms with E-state index in [0.717, 1.165) is 6.42 Å². The maximum Gasteiger partial charge on any atom is 0.408 e. The molecule has 29 heavy (non-hydrogen) atoms. The summed E-state index contributed by atoms with van der Waals surface area (Å²) in [6, 6.07) is -0.896. The van der Waals surface area contributed by atoms with Crippen LogP contribution in [0.25, 0.3) is 0 Å². The first kappa shape index (κ1) is 22.4. The Kier molecular flexibility index (Phi) is 5.09. The topological polar surface area (TPSA) is 78.9 Å². The third-order valence-corrected chi connectivity index (χ3v) is 8.19. The van der Waals surface area contributed by atoms with E-state index in [0.29, 0.717) is 12.0 Å². The number of nitrogens with zero attached hydrogens (tertiary/aromatic N) is 1. The number of hydrogen-bond acceptors (Lipinski definition) is 4. The zero-order chi connectivity index (χ0) is 22.0. The Morgan fingerprint density at radius 3 is 2.10 bits per heavy atom. The molecular weight excluding hydrogens is 368 g/mol. The Morgan fingerprint density at radius 1 is 1.14 bits per heavy atom. The van der Waals surface area contributed by atoms with E-state index in [1.165, 1.54) is 19.3 Å². The highest BCUT2D eigenvalue weighted by Gasteiger charge is 2.84. The lowest BCUT2D eigenvalue weighted by Crippen LogP contribution is -2.56.